The molecule has 8 aromatic carbocycles. The predicted octanol–water partition coefficient (Wildman–Crippen LogP) is 12.9. The van der Waals surface area contributed by atoms with Crippen molar-refractivity contribution in [2.75, 3.05) is 0 Å². The molecule has 0 aliphatic rings. The standard InChI is InChI=1S/C47H32O/c1-2-11-32(12-3-1)33-23-25-34(26-24-33)35-27-29-37(30-28-35)46(43-20-9-14-36-13-4-5-17-40(36)43)39-16-8-15-38(31-39)41-19-10-21-44-42-18-6-7-22-45(42)48-47(41)44/h1-31,46H. The monoisotopic (exact) mass is 612 g/mol. The molecule has 9 rings (SSSR count). The first-order valence-electron chi connectivity index (χ1n) is 16.5. The van der Waals surface area contributed by atoms with Crippen LogP contribution in [0.25, 0.3) is 66.1 Å². The van der Waals surface area contributed by atoms with Crippen molar-refractivity contribution >= 4 is 32.7 Å². The van der Waals surface area contributed by atoms with Gasteiger partial charge in [0.2, 0.25) is 0 Å². The smallest absolute Gasteiger partial charge is 0.143 e. The summed E-state index contributed by atoms with van der Waals surface area (Å²) in [4.78, 5) is 0. The highest BCUT2D eigenvalue weighted by molar-refractivity contribution is 6.09. The molecule has 0 saturated heterocycles. The van der Waals surface area contributed by atoms with Gasteiger partial charge in [-0.05, 0) is 61.3 Å². The molecule has 0 bridgehead atoms. The predicted molar refractivity (Wildman–Crippen MR) is 201 cm³/mol. The van der Waals surface area contributed by atoms with Crippen molar-refractivity contribution in [3.8, 4) is 33.4 Å². The third kappa shape index (κ3) is 4.98. The first-order chi connectivity index (χ1) is 23.8. The maximum Gasteiger partial charge on any atom is 0.143 e. The third-order valence-corrected chi connectivity index (χ3v) is 9.64. The van der Waals surface area contributed by atoms with Gasteiger partial charge < -0.3 is 4.42 Å². The van der Waals surface area contributed by atoms with Crippen molar-refractivity contribution in [2.24, 2.45) is 0 Å². The second-order valence-electron chi connectivity index (χ2n) is 12.5. The molecule has 0 radical (unpaired) electrons. The molecule has 0 aliphatic heterocycles. The van der Waals surface area contributed by atoms with E-state index in [0.29, 0.717) is 0 Å². The summed E-state index contributed by atoms with van der Waals surface area (Å²) in [5.41, 5.74) is 12.8. The highest BCUT2D eigenvalue weighted by Gasteiger charge is 2.21. The topological polar surface area (TPSA) is 13.1 Å². The zero-order valence-electron chi connectivity index (χ0n) is 26.4. The van der Waals surface area contributed by atoms with Gasteiger partial charge in [-0.1, -0.05) is 182 Å². The summed E-state index contributed by atoms with van der Waals surface area (Å²) in [5.74, 6) is 0.0421. The fourth-order valence-electron chi connectivity index (χ4n) is 7.27. The van der Waals surface area contributed by atoms with Gasteiger partial charge in [-0.15, -0.1) is 0 Å². The zero-order valence-corrected chi connectivity index (χ0v) is 26.4. The molecule has 1 atom stereocenters. The van der Waals surface area contributed by atoms with E-state index in [1.165, 1.54) is 49.7 Å². The van der Waals surface area contributed by atoms with Crippen molar-refractivity contribution < 1.29 is 4.42 Å². The Morgan fingerprint density at radius 2 is 0.917 bits per heavy atom. The fraction of sp³-hybridized carbons (Fsp3) is 0.0213. The average Bonchev–Trinajstić information content (AvgIpc) is 3.55. The maximum atomic E-state index is 6.45. The molecule has 226 valence electrons. The van der Waals surface area contributed by atoms with Crippen molar-refractivity contribution in [1.29, 1.82) is 0 Å². The molecule has 1 nitrogen and oxygen atoms in total. The lowest BCUT2D eigenvalue weighted by atomic mass is 9.81. The largest absolute Gasteiger partial charge is 0.455 e. The van der Waals surface area contributed by atoms with E-state index in [-0.39, 0.29) is 5.92 Å². The SMILES string of the molecule is c1ccc(-c2ccc(-c3ccc(C(c4cccc(-c5cccc6c5oc5ccccc56)c4)c4cccc5ccccc45)cc3)cc2)cc1. The summed E-state index contributed by atoms with van der Waals surface area (Å²) in [5, 5.41) is 4.81. The lowest BCUT2D eigenvalue weighted by molar-refractivity contribution is 0.670. The number of fused-ring (bicyclic) bond motifs is 4. The number of furan rings is 1. The first-order valence-corrected chi connectivity index (χ1v) is 16.5. The molecule has 0 saturated carbocycles. The van der Waals surface area contributed by atoms with Crippen LogP contribution in [0.1, 0.15) is 22.6 Å². The molecular weight excluding hydrogens is 581 g/mol. The Kier molecular flexibility index (Phi) is 6.95. The molecule has 1 heterocycles. The molecule has 1 heteroatoms. The first kappa shape index (κ1) is 28.1. The number of hydrogen-bond acceptors (Lipinski definition) is 1. The molecule has 1 aromatic heterocycles. The van der Waals surface area contributed by atoms with Crippen molar-refractivity contribution in [3.05, 3.63) is 205 Å². The van der Waals surface area contributed by atoms with Crippen LogP contribution in [0.2, 0.25) is 0 Å². The summed E-state index contributed by atoms with van der Waals surface area (Å²) < 4.78 is 6.45. The average molecular weight is 613 g/mol. The van der Waals surface area contributed by atoms with Gasteiger partial charge in [-0.3, -0.25) is 0 Å². The number of benzene rings is 8. The van der Waals surface area contributed by atoms with Crippen LogP contribution >= 0.6 is 0 Å². The van der Waals surface area contributed by atoms with E-state index in [2.05, 4.69) is 176 Å². The lowest BCUT2D eigenvalue weighted by Gasteiger charge is -2.22. The van der Waals surface area contributed by atoms with Crippen molar-refractivity contribution in [1.82, 2.24) is 0 Å². The van der Waals surface area contributed by atoms with E-state index in [1.54, 1.807) is 0 Å². The molecule has 0 amide bonds. The summed E-state index contributed by atoms with van der Waals surface area (Å²) in [6.45, 7) is 0. The van der Waals surface area contributed by atoms with Crippen molar-refractivity contribution in [3.63, 3.8) is 0 Å². The van der Waals surface area contributed by atoms with Crippen molar-refractivity contribution in [2.45, 2.75) is 5.92 Å². The van der Waals surface area contributed by atoms with E-state index < -0.39 is 0 Å². The van der Waals surface area contributed by atoms with Gasteiger partial charge in [0.05, 0.1) is 0 Å². The maximum absolute atomic E-state index is 6.45. The van der Waals surface area contributed by atoms with E-state index in [9.17, 15) is 0 Å². The molecule has 0 N–H and O–H groups in total. The van der Waals surface area contributed by atoms with Gasteiger partial charge in [0.1, 0.15) is 11.2 Å². The molecule has 0 fully saturated rings. The van der Waals surface area contributed by atoms with Gasteiger partial charge in [-0.25, -0.2) is 0 Å². The lowest BCUT2D eigenvalue weighted by Crippen LogP contribution is -2.04. The minimum Gasteiger partial charge on any atom is -0.455 e. The summed E-state index contributed by atoms with van der Waals surface area (Å²) >= 11 is 0. The Balaban J connectivity index is 1.15. The van der Waals surface area contributed by atoms with Crippen LogP contribution < -0.4 is 0 Å². The van der Waals surface area contributed by atoms with E-state index in [0.717, 1.165) is 33.1 Å². The van der Waals surface area contributed by atoms with E-state index in [1.807, 2.05) is 12.1 Å². The second kappa shape index (κ2) is 11.9. The Morgan fingerprint density at radius 3 is 1.71 bits per heavy atom. The van der Waals surface area contributed by atoms with Crippen LogP contribution in [0.3, 0.4) is 0 Å². The Morgan fingerprint density at radius 1 is 0.354 bits per heavy atom. The van der Waals surface area contributed by atoms with Crippen LogP contribution in [0.5, 0.6) is 0 Å². The highest BCUT2D eigenvalue weighted by atomic mass is 16.3. The minimum atomic E-state index is 0.0421. The summed E-state index contributed by atoms with van der Waals surface area (Å²) in [6, 6.07) is 67.7. The van der Waals surface area contributed by atoms with E-state index in [4.69, 9.17) is 4.42 Å². The molecule has 9 aromatic rings. The van der Waals surface area contributed by atoms with Crippen LogP contribution in [0.4, 0.5) is 0 Å². The highest BCUT2D eigenvalue weighted by Crippen LogP contribution is 2.40. The molecule has 1 unspecified atom stereocenters. The Hall–Kier alpha value is -6.18. The molecule has 0 spiro atoms. The van der Waals surface area contributed by atoms with Gasteiger partial charge in [0, 0.05) is 22.3 Å². The van der Waals surface area contributed by atoms with Gasteiger partial charge in [0.15, 0.2) is 0 Å². The zero-order chi connectivity index (χ0) is 31.9. The second-order valence-corrected chi connectivity index (χ2v) is 12.5. The van der Waals surface area contributed by atoms with Crippen LogP contribution in [-0.4, -0.2) is 0 Å². The van der Waals surface area contributed by atoms with Crippen LogP contribution in [0.15, 0.2) is 192 Å². The van der Waals surface area contributed by atoms with Crippen LogP contribution in [-0.2, 0) is 0 Å². The summed E-state index contributed by atoms with van der Waals surface area (Å²) in [6.07, 6.45) is 0. The summed E-state index contributed by atoms with van der Waals surface area (Å²) in [7, 11) is 0. The molecule has 48 heavy (non-hydrogen) atoms. The molecule has 0 aliphatic carbocycles. The molecular formula is C47H32O. The number of rotatable bonds is 6. The quantitative estimate of drug-likeness (QED) is 0.170. The Bertz CT molecular complexity index is 2530. The third-order valence-electron chi connectivity index (χ3n) is 9.64. The Labute approximate surface area is 280 Å². The normalized spacial score (nSPS) is 12.1. The minimum absolute atomic E-state index is 0.0421. The number of hydrogen-bond donors (Lipinski definition) is 0. The van der Waals surface area contributed by atoms with Crippen LogP contribution in [0, 0.1) is 0 Å². The fourth-order valence-corrected chi connectivity index (χ4v) is 7.27. The van der Waals surface area contributed by atoms with E-state index >= 15 is 0 Å². The number of para-hydroxylation sites is 2. The van der Waals surface area contributed by atoms with Gasteiger partial charge >= 0.3 is 0 Å². The van der Waals surface area contributed by atoms with Gasteiger partial charge in [0.25, 0.3) is 0 Å². The van der Waals surface area contributed by atoms with Gasteiger partial charge in [-0.2, -0.15) is 0 Å².